The molecule has 2 aromatic rings. The Morgan fingerprint density at radius 1 is 1.33 bits per heavy atom. The van der Waals surface area contributed by atoms with E-state index in [4.69, 9.17) is 10.5 Å². The quantitative estimate of drug-likeness (QED) is 0.807. The van der Waals surface area contributed by atoms with Gasteiger partial charge in [-0.15, -0.1) is 0 Å². The lowest BCUT2D eigenvalue weighted by molar-refractivity contribution is 0.149. The van der Waals surface area contributed by atoms with Crippen molar-refractivity contribution in [1.29, 1.82) is 0 Å². The SMILES string of the molecule is NC(=O)OCc1nccc2ccccc12. The molecule has 4 nitrogen and oxygen atoms in total. The average molecular weight is 202 g/mol. The summed E-state index contributed by atoms with van der Waals surface area (Å²) in [5.41, 5.74) is 5.61. The summed E-state index contributed by atoms with van der Waals surface area (Å²) in [6.45, 7) is 0.108. The smallest absolute Gasteiger partial charge is 0.404 e. The molecule has 1 heterocycles. The Kier molecular flexibility index (Phi) is 2.49. The maximum absolute atomic E-state index is 10.5. The Morgan fingerprint density at radius 3 is 2.93 bits per heavy atom. The molecule has 2 rings (SSSR count). The molecular weight excluding hydrogens is 192 g/mol. The minimum absolute atomic E-state index is 0.108. The van der Waals surface area contributed by atoms with Gasteiger partial charge in [-0.25, -0.2) is 4.79 Å². The number of rotatable bonds is 2. The van der Waals surface area contributed by atoms with Crippen LogP contribution in [0.15, 0.2) is 36.5 Å². The van der Waals surface area contributed by atoms with E-state index in [0.29, 0.717) is 5.69 Å². The molecule has 15 heavy (non-hydrogen) atoms. The number of carbonyl (C=O) groups excluding carboxylic acids is 1. The number of primary amides is 1. The molecule has 0 saturated heterocycles. The number of benzene rings is 1. The van der Waals surface area contributed by atoms with E-state index in [2.05, 4.69) is 4.98 Å². The van der Waals surface area contributed by atoms with Crippen molar-refractivity contribution in [2.75, 3.05) is 0 Å². The van der Waals surface area contributed by atoms with E-state index in [1.54, 1.807) is 6.20 Å². The second-order valence-electron chi connectivity index (χ2n) is 3.09. The van der Waals surface area contributed by atoms with Crippen LogP contribution in [0.25, 0.3) is 10.8 Å². The number of amides is 1. The fourth-order valence-corrected chi connectivity index (χ4v) is 1.44. The Morgan fingerprint density at radius 2 is 2.13 bits per heavy atom. The van der Waals surface area contributed by atoms with Crippen molar-refractivity contribution in [3.63, 3.8) is 0 Å². The summed E-state index contributed by atoms with van der Waals surface area (Å²) in [7, 11) is 0. The molecule has 0 spiro atoms. The largest absolute Gasteiger partial charge is 0.443 e. The van der Waals surface area contributed by atoms with E-state index >= 15 is 0 Å². The van der Waals surface area contributed by atoms with Crippen LogP contribution in [-0.4, -0.2) is 11.1 Å². The zero-order valence-corrected chi connectivity index (χ0v) is 8.01. The van der Waals surface area contributed by atoms with E-state index in [-0.39, 0.29) is 6.61 Å². The molecule has 4 heteroatoms. The van der Waals surface area contributed by atoms with Crippen LogP contribution in [0.4, 0.5) is 4.79 Å². The van der Waals surface area contributed by atoms with Crippen LogP contribution in [-0.2, 0) is 11.3 Å². The Bertz CT molecular complexity index is 491. The van der Waals surface area contributed by atoms with Crippen molar-refractivity contribution in [2.45, 2.75) is 6.61 Å². The lowest BCUT2D eigenvalue weighted by Crippen LogP contribution is -2.13. The molecular formula is C11H10N2O2. The van der Waals surface area contributed by atoms with E-state index in [1.165, 1.54) is 0 Å². The van der Waals surface area contributed by atoms with E-state index < -0.39 is 6.09 Å². The number of nitrogens with two attached hydrogens (primary N) is 1. The highest BCUT2D eigenvalue weighted by molar-refractivity contribution is 5.84. The van der Waals surface area contributed by atoms with Crippen LogP contribution in [0.3, 0.4) is 0 Å². The first-order valence-corrected chi connectivity index (χ1v) is 4.52. The van der Waals surface area contributed by atoms with Gasteiger partial charge in [0.25, 0.3) is 0 Å². The molecule has 0 aliphatic heterocycles. The van der Waals surface area contributed by atoms with Crippen molar-refractivity contribution < 1.29 is 9.53 Å². The maximum Gasteiger partial charge on any atom is 0.404 e. The minimum atomic E-state index is -0.787. The lowest BCUT2D eigenvalue weighted by atomic mass is 10.1. The third-order valence-electron chi connectivity index (χ3n) is 2.11. The molecule has 0 radical (unpaired) electrons. The van der Waals surface area contributed by atoms with Crippen molar-refractivity contribution in [1.82, 2.24) is 4.98 Å². The molecule has 0 aliphatic rings. The van der Waals surface area contributed by atoms with Crippen molar-refractivity contribution >= 4 is 16.9 Å². The highest BCUT2D eigenvalue weighted by atomic mass is 16.5. The summed E-state index contributed by atoms with van der Waals surface area (Å²) in [6.07, 6.45) is 0.895. The Hall–Kier alpha value is -2.10. The zero-order chi connectivity index (χ0) is 10.7. The molecule has 0 unspecified atom stereocenters. The van der Waals surface area contributed by atoms with Gasteiger partial charge < -0.3 is 10.5 Å². The van der Waals surface area contributed by atoms with E-state index in [9.17, 15) is 4.79 Å². The number of fused-ring (bicyclic) bond motifs is 1. The highest BCUT2D eigenvalue weighted by Crippen LogP contribution is 2.16. The number of carbonyl (C=O) groups is 1. The van der Waals surface area contributed by atoms with Gasteiger partial charge >= 0.3 is 6.09 Å². The van der Waals surface area contributed by atoms with Gasteiger partial charge in [0.2, 0.25) is 0 Å². The van der Waals surface area contributed by atoms with Crippen LogP contribution in [0.1, 0.15) is 5.69 Å². The third kappa shape index (κ3) is 2.04. The monoisotopic (exact) mass is 202 g/mol. The highest BCUT2D eigenvalue weighted by Gasteiger charge is 2.03. The molecule has 1 amide bonds. The summed E-state index contributed by atoms with van der Waals surface area (Å²) < 4.78 is 4.71. The molecule has 2 N–H and O–H groups in total. The minimum Gasteiger partial charge on any atom is -0.443 e. The topological polar surface area (TPSA) is 65.2 Å². The Labute approximate surface area is 86.7 Å². The predicted octanol–water partition coefficient (Wildman–Crippen LogP) is 1.83. The molecule has 0 fully saturated rings. The molecule has 0 atom stereocenters. The van der Waals surface area contributed by atoms with Gasteiger partial charge in [0.1, 0.15) is 6.61 Å². The van der Waals surface area contributed by atoms with Crippen molar-refractivity contribution in [2.24, 2.45) is 5.73 Å². The first-order chi connectivity index (χ1) is 7.27. The van der Waals surface area contributed by atoms with Gasteiger partial charge in [-0.3, -0.25) is 4.98 Å². The number of hydrogen-bond donors (Lipinski definition) is 1. The number of pyridine rings is 1. The van der Waals surface area contributed by atoms with Crippen LogP contribution in [0.2, 0.25) is 0 Å². The first-order valence-electron chi connectivity index (χ1n) is 4.52. The molecule has 1 aromatic heterocycles. The summed E-state index contributed by atoms with van der Waals surface area (Å²) in [5, 5.41) is 2.04. The number of aromatic nitrogens is 1. The Balaban J connectivity index is 2.38. The van der Waals surface area contributed by atoms with Crippen LogP contribution < -0.4 is 5.73 Å². The molecule has 76 valence electrons. The van der Waals surface area contributed by atoms with E-state index in [1.807, 2.05) is 30.3 Å². The fraction of sp³-hybridized carbons (Fsp3) is 0.0909. The summed E-state index contributed by atoms with van der Waals surface area (Å²) >= 11 is 0. The molecule has 1 aromatic carbocycles. The summed E-state index contributed by atoms with van der Waals surface area (Å²) in [6, 6.07) is 9.68. The molecule has 0 saturated carbocycles. The van der Waals surface area contributed by atoms with Crippen molar-refractivity contribution in [3.05, 3.63) is 42.2 Å². The fourth-order valence-electron chi connectivity index (χ4n) is 1.44. The van der Waals surface area contributed by atoms with Gasteiger partial charge in [0.15, 0.2) is 0 Å². The zero-order valence-electron chi connectivity index (χ0n) is 8.01. The normalized spacial score (nSPS) is 10.1. The number of hydrogen-bond acceptors (Lipinski definition) is 3. The first kappa shape index (κ1) is 9.45. The van der Waals surface area contributed by atoms with Crippen LogP contribution in [0, 0.1) is 0 Å². The number of nitrogens with zero attached hydrogens (tertiary/aromatic N) is 1. The second kappa shape index (κ2) is 3.96. The second-order valence-corrected chi connectivity index (χ2v) is 3.09. The molecule has 0 bridgehead atoms. The van der Waals surface area contributed by atoms with E-state index in [0.717, 1.165) is 10.8 Å². The van der Waals surface area contributed by atoms with Gasteiger partial charge in [-0.05, 0) is 11.5 Å². The number of ether oxygens (including phenoxy) is 1. The van der Waals surface area contributed by atoms with Crippen molar-refractivity contribution in [3.8, 4) is 0 Å². The summed E-state index contributed by atoms with van der Waals surface area (Å²) in [4.78, 5) is 14.6. The maximum atomic E-state index is 10.5. The van der Waals surface area contributed by atoms with Crippen LogP contribution in [0.5, 0.6) is 0 Å². The molecule has 0 aliphatic carbocycles. The van der Waals surface area contributed by atoms with Gasteiger partial charge in [-0.2, -0.15) is 0 Å². The van der Waals surface area contributed by atoms with Gasteiger partial charge in [0.05, 0.1) is 5.69 Å². The van der Waals surface area contributed by atoms with Gasteiger partial charge in [-0.1, -0.05) is 24.3 Å². The standard InChI is InChI=1S/C11H10N2O2/c12-11(14)15-7-10-9-4-2-1-3-8(9)5-6-13-10/h1-6H,7H2,(H2,12,14). The van der Waals surface area contributed by atoms with Crippen LogP contribution >= 0.6 is 0 Å². The third-order valence-corrected chi connectivity index (χ3v) is 2.11. The lowest BCUT2D eigenvalue weighted by Gasteiger charge is -2.04. The average Bonchev–Trinajstić information content (AvgIpc) is 2.26. The summed E-state index contributed by atoms with van der Waals surface area (Å²) in [5.74, 6) is 0. The predicted molar refractivity (Wildman–Crippen MR) is 56.1 cm³/mol. The van der Waals surface area contributed by atoms with Gasteiger partial charge in [0, 0.05) is 11.6 Å².